The lowest BCUT2D eigenvalue weighted by atomic mass is 9.74. The second kappa shape index (κ2) is 15.9. The van der Waals surface area contributed by atoms with Gasteiger partial charge in [-0.3, -0.25) is 9.59 Å². The van der Waals surface area contributed by atoms with Crippen molar-refractivity contribution >= 4 is 11.9 Å². The van der Waals surface area contributed by atoms with E-state index < -0.39 is 0 Å². The zero-order chi connectivity index (χ0) is 20.7. The molecule has 0 saturated carbocycles. The highest BCUT2D eigenvalue weighted by atomic mass is 16.5. The fourth-order valence-corrected chi connectivity index (χ4v) is 3.87. The largest absolute Gasteiger partial charge is 0.466 e. The molecule has 0 aromatic heterocycles. The molecule has 160 valence electrons. The van der Waals surface area contributed by atoms with Crippen LogP contribution < -0.4 is 0 Å². The summed E-state index contributed by atoms with van der Waals surface area (Å²) in [5, 5.41) is 0. The van der Waals surface area contributed by atoms with Gasteiger partial charge < -0.3 is 9.47 Å². The Morgan fingerprint density at radius 2 is 1.22 bits per heavy atom. The number of hydrogen-bond donors (Lipinski definition) is 0. The summed E-state index contributed by atoms with van der Waals surface area (Å²) in [7, 11) is 0. The lowest BCUT2D eigenvalue weighted by Gasteiger charge is -2.31. The molecule has 2 unspecified atom stereocenters. The summed E-state index contributed by atoms with van der Waals surface area (Å²) in [5.41, 5.74) is 0. The molecule has 0 aliphatic heterocycles. The molecule has 0 spiro atoms. The van der Waals surface area contributed by atoms with Crippen LogP contribution in [-0.4, -0.2) is 25.2 Å². The molecule has 0 heterocycles. The molecule has 4 nitrogen and oxygen atoms in total. The molecule has 2 atom stereocenters. The van der Waals surface area contributed by atoms with Crippen LogP contribution in [-0.2, 0) is 19.1 Å². The predicted molar refractivity (Wildman–Crippen MR) is 111 cm³/mol. The quantitative estimate of drug-likeness (QED) is 0.236. The molecular weight excluding hydrogens is 340 g/mol. The van der Waals surface area contributed by atoms with Crippen LogP contribution in [0.15, 0.2) is 0 Å². The average molecular weight is 385 g/mol. The number of ether oxygens (including phenoxy) is 2. The highest BCUT2D eigenvalue weighted by Gasteiger charge is 2.33. The van der Waals surface area contributed by atoms with E-state index in [4.69, 9.17) is 9.47 Å². The van der Waals surface area contributed by atoms with E-state index in [9.17, 15) is 9.59 Å². The summed E-state index contributed by atoms with van der Waals surface area (Å²) in [6, 6.07) is 0. The van der Waals surface area contributed by atoms with E-state index in [1.165, 1.54) is 32.1 Å². The first-order valence-corrected chi connectivity index (χ1v) is 11.2. The third kappa shape index (κ3) is 12.1. The minimum Gasteiger partial charge on any atom is -0.466 e. The van der Waals surface area contributed by atoms with E-state index in [1.807, 2.05) is 13.8 Å². The number of rotatable bonds is 16. The zero-order valence-electron chi connectivity index (χ0n) is 18.7. The first kappa shape index (κ1) is 25.9. The average Bonchev–Trinajstić information content (AvgIpc) is 2.58. The van der Waals surface area contributed by atoms with Crippen molar-refractivity contribution in [2.45, 2.75) is 99.3 Å². The smallest absolute Gasteiger partial charge is 0.309 e. The topological polar surface area (TPSA) is 52.6 Å². The van der Waals surface area contributed by atoms with Gasteiger partial charge in [0.2, 0.25) is 0 Å². The Labute approximate surface area is 167 Å². The van der Waals surface area contributed by atoms with Crippen LogP contribution in [0.2, 0.25) is 0 Å². The van der Waals surface area contributed by atoms with E-state index in [2.05, 4.69) is 27.7 Å². The van der Waals surface area contributed by atoms with Gasteiger partial charge in [0.25, 0.3) is 0 Å². The molecule has 0 fully saturated rings. The summed E-state index contributed by atoms with van der Waals surface area (Å²) >= 11 is 0. The summed E-state index contributed by atoms with van der Waals surface area (Å²) in [6.07, 6.45) is 9.72. The Morgan fingerprint density at radius 1 is 0.704 bits per heavy atom. The van der Waals surface area contributed by atoms with Gasteiger partial charge in [0.15, 0.2) is 0 Å². The van der Waals surface area contributed by atoms with Gasteiger partial charge in [-0.25, -0.2) is 0 Å². The number of esters is 2. The normalized spacial score (nSPS) is 13.6. The van der Waals surface area contributed by atoms with Crippen molar-refractivity contribution in [3.05, 3.63) is 0 Å². The summed E-state index contributed by atoms with van der Waals surface area (Å²) < 4.78 is 10.3. The molecule has 0 N–H and O–H groups in total. The Balaban J connectivity index is 4.05. The second-order valence-electron chi connectivity index (χ2n) is 8.25. The summed E-state index contributed by atoms with van der Waals surface area (Å²) in [6.45, 7) is 13.4. The molecule has 0 aliphatic rings. The standard InChI is InChI=1S/C23H44O4/c1-7-26-21(24)17-15-13-11-9-10-12-14-16-20(18(3)4)22(19(5)6)23(25)27-8-2/h18-20,22H,7-17H2,1-6H3. The van der Waals surface area contributed by atoms with E-state index in [1.54, 1.807) is 0 Å². The molecule has 0 aliphatic carbocycles. The maximum absolute atomic E-state index is 12.4. The molecular formula is C23H44O4. The lowest BCUT2D eigenvalue weighted by Crippen LogP contribution is -2.33. The molecule has 0 aromatic carbocycles. The van der Waals surface area contributed by atoms with Gasteiger partial charge in [-0.05, 0) is 44.4 Å². The van der Waals surface area contributed by atoms with Gasteiger partial charge >= 0.3 is 11.9 Å². The molecule has 0 rings (SSSR count). The Hall–Kier alpha value is -1.06. The van der Waals surface area contributed by atoms with Gasteiger partial charge in [-0.2, -0.15) is 0 Å². The number of carbonyl (C=O) groups excluding carboxylic acids is 2. The van der Waals surface area contributed by atoms with Gasteiger partial charge in [0.1, 0.15) is 0 Å². The molecule has 4 heteroatoms. The minimum atomic E-state index is -0.0708. The third-order valence-corrected chi connectivity index (χ3v) is 5.32. The second-order valence-corrected chi connectivity index (χ2v) is 8.25. The monoisotopic (exact) mass is 384 g/mol. The predicted octanol–water partition coefficient (Wildman–Crippen LogP) is 6.17. The van der Waals surface area contributed by atoms with Crippen LogP contribution in [0.4, 0.5) is 0 Å². The van der Waals surface area contributed by atoms with Gasteiger partial charge in [0.05, 0.1) is 19.1 Å². The van der Waals surface area contributed by atoms with E-state index in [0.717, 1.165) is 19.3 Å². The highest BCUT2D eigenvalue weighted by Crippen LogP contribution is 2.33. The van der Waals surface area contributed by atoms with Crippen LogP contribution >= 0.6 is 0 Å². The number of unbranched alkanes of at least 4 members (excludes halogenated alkanes) is 6. The molecule has 0 aromatic rings. The summed E-state index contributed by atoms with van der Waals surface area (Å²) in [4.78, 5) is 23.7. The van der Waals surface area contributed by atoms with Crippen LogP contribution in [0.1, 0.15) is 99.3 Å². The minimum absolute atomic E-state index is 0.00725. The highest BCUT2D eigenvalue weighted by molar-refractivity contribution is 5.73. The maximum atomic E-state index is 12.4. The van der Waals surface area contributed by atoms with Gasteiger partial charge in [-0.15, -0.1) is 0 Å². The SMILES string of the molecule is CCOC(=O)CCCCCCCCCC(C(C)C)C(C(=O)OCC)C(C)C. The van der Waals surface area contributed by atoms with Crippen molar-refractivity contribution < 1.29 is 19.1 Å². The number of hydrogen-bond acceptors (Lipinski definition) is 4. The Kier molecular flexibility index (Phi) is 15.3. The third-order valence-electron chi connectivity index (χ3n) is 5.32. The van der Waals surface area contributed by atoms with E-state index in [-0.39, 0.29) is 17.9 Å². The van der Waals surface area contributed by atoms with Crippen LogP contribution in [0.3, 0.4) is 0 Å². The molecule has 27 heavy (non-hydrogen) atoms. The van der Waals surface area contributed by atoms with Gasteiger partial charge in [-0.1, -0.05) is 66.2 Å². The Bertz CT molecular complexity index is 390. The maximum Gasteiger partial charge on any atom is 0.309 e. The van der Waals surface area contributed by atoms with Crippen molar-refractivity contribution in [2.24, 2.45) is 23.7 Å². The molecule has 0 bridgehead atoms. The van der Waals surface area contributed by atoms with Crippen LogP contribution in [0, 0.1) is 23.7 Å². The van der Waals surface area contributed by atoms with Crippen LogP contribution in [0.25, 0.3) is 0 Å². The van der Waals surface area contributed by atoms with Crippen molar-refractivity contribution in [2.75, 3.05) is 13.2 Å². The first-order chi connectivity index (χ1) is 12.8. The fraction of sp³-hybridized carbons (Fsp3) is 0.913. The van der Waals surface area contributed by atoms with Crippen molar-refractivity contribution in [1.29, 1.82) is 0 Å². The van der Waals surface area contributed by atoms with Crippen LogP contribution in [0.5, 0.6) is 0 Å². The van der Waals surface area contributed by atoms with Crippen molar-refractivity contribution in [3.63, 3.8) is 0 Å². The van der Waals surface area contributed by atoms with Gasteiger partial charge in [0, 0.05) is 6.42 Å². The molecule has 0 radical (unpaired) electrons. The van der Waals surface area contributed by atoms with Crippen molar-refractivity contribution in [3.8, 4) is 0 Å². The van der Waals surface area contributed by atoms with Crippen molar-refractivity contribution in [1.82, 2.24) is 0 Å². The number of carbonyl (C=O) groups is 2. The Morgan fingerprint density at radius 3 is 1.70 bits per heavy atom. The fourth-order valence-electron chi connectivity index (χ4n) is 3.87. The molecule has 0 saturated heterocycles. The zero-order valence-corrected chi connectivity index (χ0v) is 18.7. The summed E-state index contributed by atoms with van der Waals surface area (Å²) in [5.74, 6) is 1.12. The first-order valence-electron chi connectivity index (χ1n) is 11.2. The lowest BCUT2D eigenvalue weighted by molar-refractivity contribution is -0.153. The van der Waals surface area contributed by atoms with E-state index in [0.29, 0.717) is 37.4 Å². The van der Waals surface area contributed by atoms with E-state index >= 15 is 0 Å². The molecule has 0 amide bonds.